The lowest BCUT2D eigenvalue weighted by atomic mass is 10.0. The Balaban J connectivity index is 0.887. The SMILES string of the molecule is CCc1ccc(C(=O)Nc2cc(CN3CCN(C(=O)COc4c(Br)cc(/C=C5\C(=O)Nc6ccc(I)cc65)cc4Br)CC3)cc(C(F)(F)F)c2)cc1C#Cc1cnc2ccnn2c1. The van der Waals surface area contributed by atoms with Crippen LogP contribution in [-0.2, 0) is 28.7 Å². The zero-order valence-corrected chi connectivity index (χ0v) is 38.7. The molecule has 4 aromatic carbocycles. The van der Waals surface area contributed by atoms with Crippen molar-refractivity contribution in [1.29, 1.82) is 0 Å². The van der Waals surface area contributed by atoms with Crippen LogP contribution in [0.25, 0.3) is 17.3 Å². The van der Waals surface area contributed by atoms with Crippen LogP contribution in [0.1, 0.15) is 56.2 Å². The summed E-state index contributed by atoms with van der Waals surface area (Å²) < 4.78 is 52.2. The van der Waals surface area contributed by atoms with Gasteiger partial charge in [0, 0.05) is 88.4 Å². The number of ether oxygens (including phenoxy) is 1. The van der Waals surface area contributed by atoms with Crippen LogP contribution in [-0.4, -0.2) is 74.9 Å². The molecule has 4 heterocycles. The Morgan fingerprint density at radius 2 is 1.76 bits per heavy atom. The highest BCUT2D eigenvalue weighted by Gasteiger charge is 2.32. The number of aryl methyl sites for hydroxylation is 1. The third kappa shape index (κ3) is 10.3. The van der Waals surface area contributed by atoms with Gasteiger partial charge >= 0.3 is 6.18 Å². The lowest BCUT2D eigenvalue weighted by molar-refractivity contribution is -0.138. The average molecular weight is 1090 g/mol. The summed E-state index contributed by atoms with van der Waals surface area (Å²) in [7, 11) is 0. The number of nitrogens with zero attached hydrogens (tertiary/aromatic N) is 5. The molecule has 320 valence electrons. The smallest absolute Gasteiger partial charge is 0.416 e. The normalized spacial score (nSPS) is 14.6. The van der Waals surface area contributed by atoms with E-state index in [9.17, 15) is 27.6 Å². The number of aromatic nitrogens is 3. The molecule has 2 aliphatic rings. The van der Waals surface area contributed by atoms with E-state index in [0.29, 0.717) is 75.2 Å². The van der Waals surface area contributed by atoms with Gasteiger partial charge in [-0.15, -0.1) is 0 Å². The first-order chi connectivity index (χ1) is 30.2. The van der Waals surface area contributed by atoms with Gasteiger partial charge in [0.2, 0.25) is 0 Å². The van der Waals surface area contributed by atoms with Crippen LogP contribution in [0.3, 0.4) is 0 Å². The molecule has 0 bridgehead atoms. The van der Waals surface area contributed by atoms with Gasteiger partial charge in [-0.1, -0.05) is 24.8 Å². The lowest BCUT2D eigenvalue weighted by Gasteiger charge is -2.35. The molecule has 0 spiro atoms. The molecule has 0 aliphatic carbocycles. The first-order valence-corrected chi connectivity index (χ1v) is 22.3. The minimum atomic E-state index is -4.65. The Bertz CT molecular complexity index is 2880. The monoisotopic (exact) mass is 1090 g/mol. The zero-order valence-electron chi connectivity index (χ0n) is 33.3. The van der Waals surface area contributed by atoms with Crippen molar-refractivity contribution in [3.05, 3.63) is 148 Å². The second-order valence-electron chi connectivity index (χ2n) is 14.8. The molecule has 17 heteroatoms. The Labute approximate surface area is 390 Å². The summed E-state index contributed by atoms with van der Waals surface area (Å²) in [6.45, 7) is 3.41. The van der Waals surface area contributed by atoms with E-state index in [1.807, 2.05) is 30.0 Å². The number of hydrogen-bond acceptors (Lipinski definition) is 7. The standard InChI is InChI=1S/C46H35Br2F3IN7O4/c1-2-30-5-6-32(20-31(30)4-3-27-23-53-41-9-10-54-59(41)25-27)44(61)55-35-16-29(15-33(21-35)46(49,50)51)24-57-11-13-58(14-12-57)42(60)26-63-43-38(47)18-28(19-39(43)48)17-37-36-22-34(52)7-8-40(36)56-45(37)62/h5-10,15-23,25H,2,11-14,24,26H2,1H3,(H,55,61)(H,56,62)/b37-17-. The van der Waals surface area contributed by atoms with Crippen LogP contribution < -0.4 is 15.4 Å². The largest absolute Gasteiger partial charge is 0.481 e. The first kappa shape index (κ1) is 44.1. The fourth-order valence-corrected chi connectivity index (χ4v) is 9.23. The van der Waals surface area contributed by atoms with Crippen molar-refractivity contribution in [3.63, 3.8) is 0 Å². The minimum Gasteiger partial charge on any atom is -0.481 e. The van der Waals surface area contributed by atoms with Crippen molar-refractivity contribution in [2.24, 2.45) is 0 Å². The summed E-state index contributed by atoms with van der Waals surface area (Å²) in [4.78, 5) is 47.4. The summed E-state index contributed by atoms with van der Waals surface area (Å²) in [5.41, 5.74) is 5.39. The summed E-state index contributed by atoms with van der Waals surface area (Å²) in [5, 5.41) is 9.73. The Morgan fingerprint density at radius 1 is 0.984 bits per heavy atom. The van der Waals surface area contributed by atoms with Gasteiger partial charge in [-0.25, -0.2) is 9.50 Å². The number of rotatable bonds is 9. The third-order valence-electron chi connectivity index (χ3n) is 10.5. The Hall–Kier alpha value is -5.55. The second kappa shape index (κ2) is 18.7. The first-order valence-electron chi connectivity index (χ1n) is 19.6. The predicted octanol–water partition coefficient (Wildman–Crippen LogP) is 9.31. The molecule has 8 rings (SSSR count). The van der Waals surface area contributed by atoms with E-state index in [4.69, 9.17) is 4.74 Å². The number of nitrogens with one attached hydrogen (secondary N) is 2. The zero-order chi connectivity index (χ0) is 44.4. The molecule has 3 amide bonds. The number of carbonyl (C=O) groups excluding carboxylic acids is 3. The van der Waals surface area contributed by atoms with Crippen LogP contribution in [0, 0.1) is 15.4 Å². The van der Waals surface area contributed by atoms with Gasteiger partial charge < -0.3 is 20.3 Å². The molecule has 0 unspecified atom stereocenters. The highest BCUT2D eigenvalue weighted by atomic mass is 127. The number of alkyl halides is 3. The summed E-state index contributed by atoms with van der Waals surface area (Å²) in [6.07, 6.45) is 2.81. The van der Waals surface area contributed by atoms with Crippen LogP contribution in [0.2, 0.25) is 0 Å². The molecule has 2 aliphatic heterocycles. The fourth-order valence-electron chi connectivity index (χ4n) is 7.29. The number of fused-ring (bicyclic) bond motifs is 2. The minimum absolute atomic E-state index is 0.00717. The maximum atomic E-state index is 14.1. The van der Waals surface area contributed by atoms with E-state index in [0.717, 1.165) is 38.1 Å². The van der Waals surface area contributed by atoms with Crippen LogP contribution in [0.5, 0.6) is 5.75 Å². The molecule has 6 aromatic rings. The number of piperazine rings is 1. The highest BCUT2D eigenvalue weighted by molar-refractivity contribution is 14.1. The molecule has 0 radical (unpaired) electrons. The van der Waals surface area contributed by atoms with Crippen molar-refractivity contribution in [2.75, 3.05) is 43.4 Å². The summed E-state index contributed by atoms with van der Waals surface area (Å²) in [6, 6.07) is 19.7. The fraction of sp³-hybridized carbons (Fsp3) is 0.196. The van der Waals surface area contributed by atoms with Gasteiger partial charge in [-0.05, 0) is 144 Å². The van der Waals surface area contributed by atoms with E-state index < -0.39 is 17.6 Å². The molecule has 11 nitrogen and oxygen atoms in total. The average Bonchev–Trinajstić information content (AvgIpc) is 3.85. The topological polar surface area (TPSA) is 121 Å². The maximum Gasteiger partial charge on any atom is 0.416 e. The number of halogens is 6. The van der Waals surface area contributed by atoms with Crippen molar-refractivity contribution in [2.45, 2.75) is 26.1 Å². The van der Waals surface area contributed by atoms with Crippen molar-refractivity contribution < 1.29 is 32.3 Å². The van der Waals surface area contributed by atoms with Gasteiger partial charge in [0.05, 0.1) is 26.3 Å². The van der Waals surface area contributed by atoms with Gasteiger partial charge in [0.15, 0.2) is 12.3 Å². The number of anilines is 2. The highest BCUT2D eigenvalue weighted by Crippen LogP contribution is 2.39. The molecule has 2 aromatic heterocycles. The Kier molecular flexibility index (Phi) is 13.1. The third-order valence-corrected chi connectivity index (χ3v) is 12.3. The van der Waals surface area contributed by atoms with E-state index >= 15 is 0 Å². The maximum absolute atomic E-state index is 14.1. The summed E-state index contributed by atoms with van der Waals surface area (Å²) >= 11 is 9.29. The van der Waals surface area contributed by atoms with Crippen molar-refractivity contribution in [3.8, 4) is 17.6 Å². The van der Waals surface area contributed by atoms with Gasteiger partial charge in [0.1, 0.15) is 5.75 Å². The molecule has 1 saturated heterocycles. The number of carbonyl (C=O) groups is 3. The molecule has 2 N–H and O–H groups in total. The second-order valence-corrected chi connectivity index (χ2v) is 17.7. The van der Waals surface area contributed by atoms with Gasteiger partial charge in [-0.3, -0.25) is 19.3 Å². The Morgan fingerprint density at radius 3 is 2.51 bits per heavy atom. The number of amides is 3. The van der Waals surface area contributed by atoms with Crippen molar-refractivity contribution >= 4 is 101 Å². The molecule has 1 fully saturated rings. The molecular weight excluding hydrogens is 1060 g/mol. The van der Waals surface area contributed by atoms with E-state index in [1.54, 1.807) is 70.5 Å². The summed E-state index contributed by atoms with van der Waals surface area (Å²) in [5.74, 6) is 5.59. The number of hydrogen-bond donors (Lipinski definition) is 2. The van der Waals surface area contributed by atoms with E-state index in [1.165, 1.54) is 6.07 Å². The molecular formula is C46H35Br2F3IN7O4. The van der Waals surface area contributed by atoms with Crippen LogP contribution >= 0.6 is 54.5 Å². The van der Waals surface area contributed by atoms with Gasteiger partial charge in [0.25, 0.3) is 17.7 Å². The van der Waals surface area contributed by atoms with E-state index in [2.05, 4.69) is 87.0 Å². The van der Waals surface area contributed by atoms with Crippen LogP contribution in [0.15, 0.2) is 100 Å². The predicted molar refractivity (Wildman–Crippen MR) is 249 cm³/mol. The van der Waals surface area contributed by atoms with E-state index in [-0.39, 0.29) is 36.2 Å². The molecule has 0 atom stereocenters. The molecule has 63 heavy (non-hydrogen) atoms. The lowest BCUT2D eigenvalue weighted by Crippen LogP contribution is -2.49. The molecule has 0 saturated carbocycles. The van der Waals surface area contributed by atoms with Crippen LogP contribution in [0.4, 0.5) is 24.5 Å². The van der Waals surface area contributed by atoms with Crippen molar-refractivity contribution in [1.82, 2.24) is 24.4 Å². The number of benzene rings is 4. The van der Waals surface area contributed by atoms with Gasteiger partial charge in [-0.2, -0.15) is 18.3 Å². The quantitative estimate of drug-likeness (QED) is 0.0842.